The Hall–Kier alpha value is -2.49. The molecule has 1 aliphatic rings. The van der Waals surface area contributed by atoms with Gasteiger partial charge in [0.25, 0.3) is 0 Å². The number of carbonyl (C=O) groups is 1. The van der Waals surface area contributed by atoms with E-state index >= 15 is 0 Å². The van der Waals surface area contributed by atoms with Crippen LogP contribution >= 0.6 is 0 Å². The van der Waals surface area contributed by atoms with Gasteiger partial charge >= 0.3 is 0 Å². The first-order valence-electron chi connectivity index (χ1n) is 6.58. The lowest BCUT2D eigenvalue weighted by Gasteiger charge is -2.18. The predicted molar refractivity (Wildman–Crippen MR) is 79.1 cm³/mol. The van der Waals surface area contributed by atoms with Crippen molar-refractivity contribution >= 4 is 17.3 Å². The van der Waals surface area contributed by atoms with E-state index in [1.165, 1.54) is 0 Å². The lowest BCUT2D eigenvalue weighted by atomic mass is 10.0. The Bertz CT molecular complexity index is 680. The fourth-order valence-corrected chi connectivity index (χ4v) is 2.34. The first-order chi connectivity index (χ1) is 9.61. The van der Waals surface area contributed by atoms with Gasteiger partial charge in [-0.1, -0.05) is 0 Å². The average molecular weight is 268 g/mol. The van der Waals surface area contributed by atoms with E-state index in [4.69, 9.17) is 10.5 Å². The Kier molecular flexibility index (Phi) is 3.06. The molecule has 0 aromatic heterocycles. The average Bonchev–Trinajstić information content (AvgIpc) is 2.42. The first kappa shape index (κ1) is 12.5. The maximum atomic E-state index is 11.3. The lowest BCUT2D eigenvalue weighted by Crippen LogP contribution is -2.18. The van der Waals surface area contributed by atoms with Gasteiger partial charge in [-0.3, -0.25) is 4.79 Å². The van der Waals surface area contributed by atoms with Crippen LogP contribution in [0.4, 0.5) is 11.4 Å². The quantitative estimate of drug-likeness (QED) is 0.822. The number of fused-ring (bicyclic) bond motifs is 1. The molecule has 4 heteroatoms. The zero-order chi connectivity index (χ0) is 14.1. The molecule has 0 spiro atoms. The van der Waals surface area contributed by atoms with Crippen LogP contribution in [0.1, 0.15) is 17.5 Å². The number of aryl methyl sites for hydroxylation is 2. The van der Waals surface area contributed by atoms with Crippen molar-refractivity contribution in [3.05, 3.63) is 47.5 Å². The van der Waals surface area contributed by atoms with Crippen LogP contribution in [0.2, 0.25) is 0 Å². The van der Waals surface area contributed by atoms with E-state index in [2.05, 4.69) is 5.32 Å². The maximum absolute atomic E-state index is 11.3. The predicted octanol–water partition coefficient (Wildman–Crippen LogP) is 3.25. The van der Waals surface area contributed by atoms with E-state index < -0.39 is 0 Å². The highest BCUT2D eigenvalue weighted by Crippen LogP contribution is 2.31. The summed E-state index contributed by atoms with van der Waals surface area (Å²) in [4.78, 5) is 11.3. The van der Waals surface area contributed by atoms with E-state index in [0.717, 1.165) is 40.4 Å². The van der Waals surface area contributed by atoms with Crippen LogP contribution in [0.5, 0.6) is 11.5 Å². The highest BCUT2D eigenvalue weighted by molar-refractivity contribution is 5.94. The van der Waals surface area contributed by atoms with Crippen LogP contribution in [-0.4, -0.2) is 5.91 Å². The van der Waals surface area contributed by atoms with Crippen LogP contribution in [0.15, 0.2) is 36.4 Å². The molecule has 1 aliphatic heterocycles. The summed E-state index contributed by atoms with van der Waals surface area (Å²) in [7, 11) is 0. The molecular weight excluding hydrogens is 252 g/mol. The number of nitrogens with two attached hydrogens (primary N) is 1. The van der Waals surface area contributed by atoms with Gasteiger partial charge in [0.2, 0.25) is 5.91 Å². The Labute approximate surface area is 117 Å². The smallest absolute Gasteiger partial charge is 0.224 e. The molecule has 0 aliphatic carbocycles. The fourth-order valence-electron chi connectivity index (χ4n) is 2.34. The van der Waals surface area contributed by atoms with E-state index in [0.29, 0.717) is 6.42 Å². The Balaban J connectivity index is 1.86. The van der Waals surface area contributed by atoms with Gasteiger partial charge in [-0.05, 0) is 60.9 Å². The summed E-state index contributed by atoms with van der Waals surface area (Å²) < 4.78 is 5.89. The molecule has 0 saturated carbocycles. The van der Waals surface area contributed by atoms with Gasteiger partial charge in [-0.25, -0.2) is 0 Å². The summed E-state index contributed by atoms with van der Waals surface area (Å²) in [6, 6.07) is 11.3. The Morgan fingerprint density at radius 2 is 2.00 bits per heavy atom. The van der Waals surface area contributed by atoms with Gasteiger partial charge in [-0.2, -0.15) is 0 Å². The minimum atomic E-state index is 0.0700. The van der Waals surface area contributed by atoms with E-state index in [9.17, 15) is 4.79 Å². The molecule has 1 heterocycles. The highest BCUT2D eigenvalue weighted by Gasteiger charge is 2.15. The second kappa shape index (κ2) is 4.89. The molecular formula is C16H16N2O2. The number of rotatable bonds is 2. The third kappa shape index (κ3) is 2.45. The fraction of sp³-hybridized carbons (Fsp3) is 0.188. The number of ether oxygens (including phenoxy) is 1. The molecule has 0 atom stereocenters. The van der Waals surface area contributed by atoms with Gasteiger partial charge in [0.15, 0.2) is 0 Å². The maximum Gasteiger partial charge on any atom is 0.224 e. The van der Waals surface area contributed by atoms with Crippen molar-refractivity contribution in [2.24, 2.45) is 0 Å². The van der Waals surface area contributed by atoms with Crippen molar-refractivity contribution in [3.8, 4) is 11.5 Å². The minimum Gasteiger partial charge on any atom is -0.457 e. The molecule has 2 aromatic rings. The number of amides is 1. The monoisotopic (exact) mass is 268 g/mol. The number of carbonyl (C=O) groups excluding carboxylic acids is 1. The number of hydrogen-bond acceptors (Lipinski definition) is 3. The van der Waals surface area contributed by atoms with Crippen molar-refractivity contribution in [1.29, 1.82) is 0 Å². The second-order valence-electron chi connectivity index (χ2n) is 4.99. The zero-order valence-corrected chi connectivity index (χ0v) is 11.3. The van der Waals surface area contributed by atoms with E-state index in [1.54, 1.807) is 0 Å². The second-order valence-corrected chi connectivity index (χ2v) is 4.99. The van der Waals surface area contributed by atoms with Crippen molar-refractivity contribution in [3.63, 3.8) is 0 Å². The van der Waals surface area contributed by atoms with Gasteiger partial charge in [0.05, 0.1) is 0 Å². The molecule has 0 bridgehead atoms. The number of nitrogen functional groups attached to an aromatic ring is 1. The van der Waals surface area contributed by atoms with Gasteiger partial charge in [0, 0.05) is 17.8 Å². The molecule has 0 radical (unpaired) electrons. The SMILES string of the molecule is Cc1cc(N)ccc1Oc1ccc2c(c1)CCC(=O)N2. The minimum absolute atomic E-state index is 0.0700. The van der Waals surface area contributed by atoms with Gasteiger partial charge in [0.1, 0.15) is 11.5 Å². The molecule has 102 valence electrons. The standard InChI is InChI=1S/C16H16N2O2/c1-10-8-12(17)3-6-15(10)20-13-4-5-14-11(9-13)2-7-16(19)18-14/h3-6,8-9H,2,7,17H2,1H3,(H,18,19). The summed E-state index contributed by atoms with van der Waals surface area (Å²) in [5.74, 6) is 1.63. The van der Waals surface area contributed by atoms with Crippen LogP contribution < -0.4 is 15.8 Å². The summed E-state index contributed by atoms with van der Waals surface area (Å²) in [6.45, 7) is 1.96. The van der Waals surface area contributed by atoms with E-state index in [-0.39, 0.29) is 5.91 Å². The van der Waals surface area contributed by atoms with Crippen molar-refractivity contribution in [2.45, 2.75) is 19.8 Å². The topological polar surface area (TPSA) is 64.3 Å². The third-order valence-electron chi connectivity index (χ3n) is 3.40. The van der Waals surface area contributed by atoms with Gasteiger partial charge < -0.3 is 15.8 Å². The Morgan fingerprint density at radius 3 is 2.80 bits per heavy atom. The largest absolute Gasteiger partial charge is 0.457 e. The highest BCUT2D eigenvalue weighted by atomic mass is 16.5. The summed E-state index contributed by atoms with van der Waals surface area (Å²) in [6.07, 6.45) is 1.27. The molecule has 1 amide bonds. The number of anilines is 2. The number of hydrogen-bond donors (Lipinski definition) is 2. The van der Waals surface area contributed by atoms with Crippen LogP contribution in [0.25, 0.3) is 0 Å². The van der Waals surface area contributed by atoms with Gasteiger partial charge in [-0.15, -0.1) is 0 Å². The molecule has 20 heavy (non-hydrogen) atoms. The van der Waals surface area contributed by atoms with E-state index in [1.807, 2.05) is 43.3 Å². The summed E-state index contributed by atoms with van der Waals surface area (Å²) in [5.41, 5.74) is 9.43. The van der Waals surface area contributed by atoms with Crippen molar-refractivity contribution in [1.82, 2.24) is 0 Å². The van der Waals surface area contributed by atoms with Crippen molar-refractivity contribution in [2.75, 3.05) is 11.1 Å². The zero-order valence-electron chi connectivity index (χ0n) is 11.3. The Morgan fingerprint density at radius 1 is 1.15 bits per heavy atom. The summed E-state index contributed by atoms with van der Waals surface area (Å²) >= 11 is 0. The molecule has 0 saturated heterocycles. The molecule has 0 unspecified atom stereocenters. The number of nitrogens with one attached hydrogen (secondary N) is 1. The molecule has 4 nitrogen and oxygen atoms in total. The molecule has 2 aromatic carbocycles. The normalized spacial score (nSPS) is 13.6. The van der Waals surface area contributed by atoms with Crippen molar-refractivity contribution < 1.29 is 9.53 Å². The third-order valence-corrected chi connectivity index (χ3v) is 3.40. The van der Waals surface area contributed by atoms with Crippen LogP contribution in [0, 0.1) is 6.92 Å². The van der Waals surface area contributed by atoms with Crippen LogP contribution in [-0.2, 0) is 11.2 Å². The lowest BCUT2D eigenvalue weighted by molar-refractivity contribution is -0.116. The van der Waals surface area contributed by atoms with Crippen LogP contribution in [0.3, 0.4) is 0 Å². The number of benzene rings is 2. The molecule has 0 fully saturated rings. The molecule has 3 rings (SSSR count). The summed E-state index contributed by atoms with van der Waals surface area (Å²) in [5, 5.41) is 2.86. The molecule has 3 N–H and O–H groups in total. The first-order valence-corrected chi connectivity index (χ1v) is 6.58.